The van der Waals surface area contributed by atoms with E-state index in [1.165, 1.54) is 17.7 Å². The molecule has 0 spiro atoms. The highest BCUT2D eigenvalue weighted by Crippen LogP contribution is 2.39. The summed E-state index contributed by atoms with van der Waals surface area (Å²) in [4.78, 5) is 14.2. The fraction of sp³-hybridized carbons (Fsp3) is 0.222. The number of ether oxygens (including phenoxy) is 1. The highest BCUT2D eigenvalue weighted by atomic mass is 19.1. The topological polar surface area (TPSA) is 34.5 Å². The van der Waals surface area contributed by atoms with Crippen LogP contribution in [-0.4, -0.2) is 28.6 Å². The zero-order chi connectivity index (χ0) is 23.5. The van der Waals surface area contributed by atoms with Crippen molar-refractivity contribution in [3.8, 4) is 16.9 Å². The molecule has 4 nitrogen and oxygen atoms in total. The molecule has 0 atom stereocenters. The van der Waals surface area contributed by atoms with Crippen molar-refractivity contribution in [2.45, 2.75) is 27.3 Å². The van der Waals surface area contributed by atoms with Crippen LogP contribution in [0.1, 0.15) is 25.0 Å². The fourth-order valence-electron chi connectivity index (χ4n) is 4.12. The minimum atomic E-state index is -0.692. The van der Waals surface area contributed by atoms with Gasteiger partial charge in [-0.3, -0.25) is 0 Å². The predicted octanol–water partition coefficient (Wildman–Crippen LogP) is 6.78. The van der Waals surface area contributed by atoms with E-state index in [4.69, 9.17) is 4.74 Å². The summed E-state index contributed by atoms with van der Waals surface area (Å²) in [5.41, 5.74) is 3.98. The molecular weight excluding hydrogens is 422 g/mol. The Hall–Kier alpha value is -3.67. The molecule has 0 fully saturated rings. The van der Waals surface area contributed by atoms with Crippen LogP contribution in [-0.2, 0) is 6.54 Å². The fourth-order valence-corrected chi connectivity index (χ4v) is 4.12. The predicted molar refractivity (Wildman–Crippen MR) is 127 cm³/mol. The van der Waals surface area contributed by atoms with Gasteiger partial charge in [-0.2, -0.15) is 0 Å². The lowest BCUT2D eigenvalue weighted by Crippen LogP contribution is -2.33. The number of carbonyl (C=O) groups excluding carboxylic acids is 1. The summed E-state index contributed by atoms with van der Waals surface area (Å²) in [5, 5.41) is 0.748. The molecule has 170 valence electrons. The van der Waals surface area contributed by atoms with E-state index in [-0.39, 0.29) is 5.75 Å². The van der Waals surface area contributed by atoms with Crippen molar-refractivity contribution in [1.29, 1.82) is 0 Å². The molecule has 0 radical (unpaired) electrons. The van der Waals surface area contributed by atoms with Gasteiger partial charge in [0.25, 0.3) is 0 Å². The number of hydrogen-bond donors (Lipinski definition) is 0. The summed E-state index contributed by atoms with van der Waals surface area (Å²) < 4.78 is 36.0. The Bertz CT molecular complexity index is 1290. The monoisotopic (exact) mass is 448 g/mol. The third kappa shape index (κ3) is 4.75. The van der Waals surface area contributed by atoms with Gasteiger partial charge in [0, 0.05) is 48.4 Å². The normalized spacial score (nSPS) is 11.1. The summed E-state index contributed by atoms with van der Waals surface area (Å²) in [6.07, 6.45) is 1.43. The first-order chi connectivity index (χ1) is 15.9. The molecule has 6 heteroatoms. The van der Waals surface area contributed by atoms with E-state index in [9.17, 15) is 13.6 Å². The summed E-state index contributed by atoms with van der Waals surface area (Å²) >= 11 is 0. The van der Waals surface area contributed by atoms with Crippen LogP contribution in [0.5, 0.6) is 5.75 Å². The molecule has 0 aliphatic rings. The zero-order valence-electron chi connectivity index (χ0n) is 18.9. The van der Waals surface area contributed by atoms with Crippen molar-refractivity contribution in [3.63, 3.8) is 0 Å². The third-order valence-corrected chi connectivity index (χ3v) is 5.72. The Morgan fingerprint density at radius 2 is 1.70 bits per heavy atom. The van der Waals surface area contributed by atoms with Crippen molar-refractivity contribution in [3.05, 3.63) is 89.6 Å². The summed E-state index contributed by atoms with van der Waals surface area (Å²) in [5.74, 6) is -1.12. The Morgan fingerprint density at radius 1 is 0.970 bits per heavy atom. The number of fused-ring (bicyclic) bond motifs is 1. The smallest absolute Gasteiger partial charge is 0.410 e. The maximum absolute atomic E-state index is 14.1. The number of halogens is 2. The van der Waals surface area contributed by atoms with Crippen LogP contribution >= 0.6 is 0 Å². The van der Waals surface area contributed by atoms with E-state index < -0.39 is 17.7 Å². The van der Waals surface area contributed by atoms with Gasteiger partial charge in [0.2, 0.25) is 0 Å². The van der Waals surface area contributed by atoms with E-state index in [2.05, 4.69) is 16.7 Å². The quantitative estimate of drug-likeness (QED) is 0.326. The van der Waals surface area contributed by atoms with Crippen LogP contribution in [0.4, 0.5) is 13.6 Å². The molecule has 0 bridgehead atoms. The van der Waals surface area contributed by atoms with Crippen molar-refractivity contribution in [2.75, 3.05) is 13.1 Å². The van der Waals surface area contributed by atoms with Crippen LogP contribution in [0.25, 0.3) is 22.0 Å². The number of benzene rings is 3. The van der Waals surface area contributed by atoms with Gasteiger partial charge in [-0.05, 0) is 62.2 Å². The molecular formula is C27H26F2N2O2. The first-order valence-corrected chi connectivity index (χ1v) is 11.0. The SMILES string of the molecule is CCN(CC)C(=O)Oc1ccc2c(ccn2Cc2cccc(C)c2)c1-c1cc(F)cc(F)c1. The van der Waals surface area contributed by atoms with Gasteiger partial charge in [0.1, 0.15) is 17.4 Å². The first kappa shape index (κ1) is 22.5. The molecule has 0 aliphatic carbocycles. The van der Waals surface area contributed by atoms with Crippen molar-refractivity contribution >= 4 is 17.0 Å². The molecule has 1 aromatic heterocycles. The molecule has 4 aromatic rings. The Kier molecular flexibility index (Phi) is 6.45. The molecule has 4 rings (SSSR count). The molecule has 0 N–H and O–H groups in total. The zero-order valence-corrected chi connectivity index (χ0v) is 18.9. The highest BCUT2D eigenvalue weighted by Gasteiger charge is 2.20. The van der Waals surface area contributed by atoms with Gasteiger partial charge < -0.3 is 14.2 Å². The Morgan fingerprint density at radius 3 is 2.36 bits per heavy atom. The molecule has 0 unspecified atom stereocenters. The van der Waals surface area contributed by atoms with Gasteiger partial charge in [0.05, 0.1) is 0 Å². The van der Waals surface area contributed by atoms with Crippen molar-refractivity contribution in [1.82, 2.24) is 9.47 Å². The van der Waals surface area contributed by atoms with Crippen LogP contribution < -0.4 is 4.74 Å². The highest BCUT2D eigenvalue weighted by molar-refractivity contribution is 5.99. The molecule has 0 saturated heterocycles. The lowest BCUT2D eigenvalue weighted by atomic mass is 10.00. The summed E-state index contributed by atoms with van der Waals surface area (Å²) in [7, 11) is 0. The second kappa shape index (κ2) is 9.45. The number of nitrogens with zero attached hydrogens (tertiary/aromatic N) is 2. The van der Waals surface area contributed by atoms with Gasteiger partial charge in [-0.15, -0.1) is 0 Å². The van der Waals surface area contributed by atoms with E-state index in [0.717, 1.165) is 22.5 Å². The average Bonchev–Trinajstić information content (AvgIpc) is 3.16. The van der Waals surface area contributed by atoms with E-state index in [1.807, 2.05) is 51.2 Å². The first-order valence-electron chi connectivity index (χ1n) is 11.0. The minimum Gasteiger partial charge on any atom is -0.410 e. The van der Waals surface area contributed by atoms with Crippen molar-refractivity contribution < 1.29 is 18.3 Å². The van der Waals surface area contributed by atoms with Crippen LogP contribution in [0.3, 0.4) is 0 Å². The Labute approximate surface area is 192 Å². The average molecular weight is 449 g/mol. The van der Waals surface area contributed by atoms with E-state index in [0.29, 0.717) is 30.8 Å². The maximum atomic E-state index is 14.1. The van der Waals surface area contributed by atoms with Crippen LogP contribution in [0.2, 0.25) is 0 Å². The number of aryl methyl sites for hydroxylation is 1. The maximum Gasteiger partial charge on any atom is 0.415 e. The van der Waals surface area contributed by atoms with Gasteiger partial charge in [-0.1, -0.05) is 29.8 Å². The molecule has 3 aromatic carbocycles. The van der Waals surface area contributed by atoms with Crippen LogP contribution in [0, 0.1) is 18.6 Å². The molecule has 0 aliphatic heterocycles. The third-order valence-electron chi connectivity index (χ3n) is 5.72. The summed E-state index contributed by atoms with van der Waals surface area (Å²) in [6.45, 7) is 7.40. The molecule has 1 heterocycles. The number of rotatable bonds is 6. The van der Waals surface area contributed by atoms with Crippen LogP contribution in [0.15, 0.2) is 66.9 Å². The minimum absolute atomic E-state index is 0.262. The number of hydrogen-bond acceptors (Lipinski definition) is 2. The van der Waals surface area contributed by atoms with E-state index in [1.54, 1.807) is 11.0 Å². The lowest BCUT2D eigenvalue weighted by molar-refractivity contribution is 0.157. The standard InChI is InChI=1S/C27H26F2N2O2/c1-4-30(5-2)27(32)33-25-10-9-24-23(26(25)20-14-21(28)16-22(29)15-20)11-12-31(24)17-19-8-6-7-18(3)13-19/h6-16H,4-5,17H2,1-3H3. The summed E-state index contributed by atoms with van der Waals surface area (Å²) in [6, 6.07) is 17.0. The van der Waals surface area contributed by atoms with Gasteiger partial charge in [-0.25, -0.2) is 13.6 Å². The second-order valence-corrected chi connectivity index (χ2v) is 8.00. The largest absolute Gasteiger partial charge is 0.415 e. The lowest BCUT2D eigenvalue weighted by Gasteiger charge is -2.20. The number of aromatic nitrogens is 1. The van der Waals surface area contributed by atoms with Crippen molar-refractivity contribution in [2.24, 2.45) is 0 Å². The number of carbonyl (C=O) groups is 1. The van der Waals surface area contributed by atoms with E-state index >= 15 is 0 Å². The molecule has 0 saturated carbocycles. The molecule has 1 amide bonds. The molecule has 33 heavy (non-hydrogen) atoms. The second-order valence-electron chi connectivity index (χ2n) is 8.00. The van der Waals surface area contributed by atoms with Gasteiger partial charge in [0.15, 0.2) is 0 Å². The number of amides is 1. The van der Waals surface area contributed by atoms with Gasteiger partial charge >= 0.3 is 6.09 Å². The Balaban J connectivity index is 1.84.